The maximum atomic E-state index is 9.22. The Labute approximate surface area is 93.0 Å². The summed E-state index contributed by atoms with van der Waals surface area (Å²) in [6.07, 6.45) is 5.78. The van der Waals surface area contributed by atoms with Gasteiger partial charge in [-0.05, 0) is 25.2 Å². The van der Waals surface area contributed by atoms with Crippen molar-refractivity contribution in [2.75, 3.05) is 6.61 Å². The van der Waals surface area contributed by atoms with Crippen LogP contribution in [-0.4, -0.2) is 30.0 Å². The Morgan fingerprint density at radius 2 is 2.20 bits per heavy atom. The second-order valence-corrected chi connectivity index (χ2v) is 4.82. The maximum Gasteiger partial charge on any atom is 0.0959 e. The van der Waals surface area contributed by atoms with Gasteiger partial charge in [0.05, 0.1) is 18.8 Å². The predicted molar refractivity (Wildman–Crippen MR) is 61.6 cm³/mol. The minimum absolute atomic E-state index is 0.0350. The first-order valence-corrected chi connectivity index (χ1v) is 6.19. The van der Waals surface area contributed by atoms with Gasteiger partial charge in [-0.25, -0.2) is 0 Å². The molecular weight excluding hydrogens is 190 g/mol. The molecule has 4 unspecified atom stereocenters. The third-order valence-electron chi connectivity index (χ3n) is 3.38. The van der Waals surface area contributed by atoms with Crippen LogP contribution in [0, 0.1) is 5.92 Å². The average molecular weight is 215 g/mol. The highest BCUT2D eigenvalue weighted by Gasteiger charge is 2.24. The second-order valence-electron chi connectivity index (χ2n) is 4.82. The molecule has 90 valence electrons. The highest BCUT2D eigenvalue weighted by atomic mass is 16.5. The largest absolute Gasteiger partial charge is 0.394 e. The normalized spacial score (nSPS) is 31.2. The third-order valence-corrected chi connectivity index (χ3v) is 3.38. The van der Waals surface area contributed by atoms with Gasteiger partial charge in [0.1, 0.15) is 0 Å². The van der Waals surface area contributed by atoms with Gasteiger partial charge in [-0.3, -0.25) is 0 Å². The van der Waals surface area contributed by atoms with E-state index in [1.165, 1.54) is 12.8 Å². The molecule has 0 spiro atoms. The van der Waals surface area contributed by atoms with Crippen LogP contribution in [0.1, 0.15) is 46.0 Å². The summed E-state index contributed by atoms with van der Waals surface area (Å²) in [6, 6.07) is -0.0350. The minimum atomic E-state index is -0.176. The molecule has 3 N–H and O–H groups in total. The molecule has 3 nitrogen and oxygen atoms in total. The van der Waals surface area contributed by atoms with Crippen molar-refractivity contribution in [3.05, 3.63) is 0 Å². The van der Waals surface area contributed by atoms with E-state index in [-0.39, 0.29) is 18.8 Å². The predicted octanol–water partition coefficient (Wildman–Crippen LogP) is 1.68. The number of nitrogens with two attached hydrogens (primary N) is 1. The number of hydrogen-bond donors (Lipinski definition) is 2. The van der Waals surface area contributed by atoms with Crippen LogP contribution in [0.15, 0.2) is 0 Å². The van der Waals surface area contributed by atoms with Gasteiger partial charge in [0.25, 0.3) is 0 Å². The van der Waals surface area contributed by atoms with E-state index < -0.39 is 0 Å². The van der Waals surface area contributed by atoms with Gasteiger partial charge in [-0.1, -0.05) is 26.7 Å². The Bertz CT molecular complexity index is 175. The lowest BCUT2D eigenvalue weighted by Crippen LogP contribution is -2.42. The van der Waals surface area contributed by atoms with Crippen LogP contribution in [-0.2, 0) is 4.74 Å². The van der Waals surface area contributed by atoms with E-state index in [2.05, 4.69) is 6.92 Å². The third kappa shape index (κ3) is 4.09. The molecule has 1 saturated carbocycles. The van der Waals surface area contributed by atoms with Crippen LogP contribution in [0.25, 0.3) is 0 Å². The van der Waals surface area contributed by atoms with Crippen molar-refractivity contribution in [3.8, 4) is 0 Å². The van der Waals surface area contributed by atoms with Crippen LogP contribution in [0.3, 0.4) is 0 Å². The molecule has 1 aliphatic rings. The zero-order valence-electron chi connectivity index (χ0n) is 9.98. The molecule has 1 rings (SSSR count). The molecule has 0 aliphatic heterocycles. The summed E-state index contributed by atoms with van der Waals surface area (Å²) in [6.45, 7) is 4.34. The molecule has 1 fully saturated rings. The van der Waals surface area contributed by atoms with Gasteiger partial charge in [-0.15, -0.1) is 0 Å². The van der Waals surface area contributed by atoms with Crippen LogP contribution in [0.5, 0.6) is 0 Å². The molecule has 0 aromatic rings. The monoisotopic (exact) mass is 215 g/mol. The van der Waals surface area contributed by atoms with E-state index in [9.17, 15) is 5.11 Å². The van der Waals surface area contributed by atoms with Gasteiger partial charge in [-0.2, -0.15) is 0 Å². The summed E-state index contributed by atoms with van der Waals surface area (Å²) in [7, 11) is 0. The van der Waals surface area contributed by atoms with E-state index in [1.54, 1.807) is 0 Å². The van der Waals surface area contributed by atoms with Gasteiger partial charge >= 0.3 is 0 Å². The van der Waals surface area contributed by atoms with Crippen molar-refractivity contribution in [1.82, 2.24) is 0 Å². The van der Waals surface area contributed by atoms with Gasteiger partial charge in [0.15, 0.2) is 0 Å². The molecule has 0 aromatic carbocycles. The van der Waals surface area contributed by atoms with E-state index in [4.69, 9.17) is 10.5 Å². The first kappa shape index (κ1) is 12.9. The lowest BCUT2D eigenvalue weighted by atomic mass is 9.88. The Morgan fingerprint density at radius 1 is 1.47 bits per heavy atom. The summed E-state index contributed by atoms with van der Waals surface area (Å²) in [4.78, 5) is 0. The van der Waals surface area contributed by atoms with Crippen LogP contribution in [0.4, 0.5) is 0 Å². The molecule has 0 bridgehead atoms. The number of hydrogen-bond acceptors (Lipinski definition) is 3. The van der Waals surface area contributed by atoms with E-state index >= 15 is 0 Å². The van der Waals surface area contributed by atoms with Crippen molar-refractivity contribution in [2.24, 2.45) is 11.7 Å². The molecule has 3 heteroatoms. The second kappa shape index (κ2) is 6.46. The zero-order chi connectivity index (χ0) is 11.3. The molecule has 0 amide bonds. The number of rotatable bonds is 5. The Balaban J connectivity index is 2.36. The molecule has 0 aromatic heterocycles. The van der Waals surface area contributed by atoms with Crippen molar-refractivity contribution < 1.29 is 9.84 Å². The summed E-state index contributed by atoms with van der Waals surface area (Å²) in [5, 5.41) is 9.22. The summed E-state index contributed by atoms with van der Waals surface area (Å²) in [5.74, 6) is 0.751. The standard InChI is InChI=1S/C12H25NO2/c1-3-11(13)12(8-14)15-10-6-4-5-9(2)7-10/h9-12,14H,3-8,13H2,1-2H3. The minimum Gasteiger partial charge on any atom is -0.394 e. The Morgan fingerprint density at radius 3 is 2.73 bits per heavy atom. The van der Waals surface area contributed by atoms with Crippen molar-refractivity contribution in [2.45, 2.75) is 64.2 Å². The lowest BCUT2D eigenvalue weighted by molar-refractivity contribution is -0.0707. The molecule has 1 aliphatic carbocycles. The Hall–Kier alpha value is -0.120. The summed E-state index contributed by atoms with van der Waals surface area (Å²) >= 11 is 0. The first-order chi connectivity index (χ1) is 7.17. The molecule has 0 heterocycles. The van der Waals surface area contributed by atoms with Gasteiger partial charge in [0, 0.05) is 6.04 Å². The molecular formula is C12H25NO2. The highest BCUT2D eigenvalue weighted by molar-refractivity contribution is 4.76. The number of aliphatic hydroxyl groups is 1. The van der Waals surface area contributed by atoms with Crippen molar-refractivity contribution in [3.63, 3.8) is 0 Å². The van der Waals surface area contributed by atoms with Crippen LogP contribution in [0.2, 0.25) is 0 Å². The fourth-order valence-corrected chi connectivity index (χ4v) is 2.29. The zero-order valence-corrected chi connectivity index (χ0v) is 9.98. The number of ether oxygens (including phenoxy) is 1. The fourth-order valence-electron chi connectivity index (χ4n) is 2.29. The SMILES string of the molecule is CCC(N)C(CO)OC1CCCC(C)C1. The van der Waals surface area contributed by atoms with E-state index in [0.717, 1.165) is 25.2 Å². The van der Waals surface area contributed by atoms with Gasteiger partial charge in [0.2, 0.25) is 0 Å². The van der Waals surface area contributed by atoms with E-state index in [1.807, 2.05) is 6.92 Å². The lowest BCUT2D eigenvalue weighted by Gasteiger charge is -2.32. The highest BCUT2D eigenvalue weighted by Crippen LogP contribution is 2.26. The maximum absolute atomic E-state index is 9.22. The summed E-state index contributed by atoms with van der Waals surface area (Å²) in [5.41, 5.74) is 5.89. The Kier molecular flexibility index (Phi) is 5.58. The smallest absolute Gasteiger partial charge is 0.0959 e. The average Bonchev–Trinajstić information content (AvgIpc) is 2.25. The fraction of sp³-hybridized carbons (Fsp3) is 1.00. The number of aliphatic hydroxyl groups excluding tert-OH is 1. The van der Waals surface area contributed by atoms with Crippen LogP contribution >= 0.6 is 0 Å². The topological polar surface area (TPSA) is 55.5 Å². The van der Waals surface area contributed by atoms with Gasteiger partial charge < -0.3 is 15.6 Å². The van der Waals surface area contributed by atoms with E-state index in [0.29, 0.717) is 6.10 Å². The molecule has 4 atom stereocenters. The van der Waals surface area contributed by atoms with Crippen LogP contribution < -0.4 is 5.73 Å². The van der Waals surface area contributed by atoms with Crippen molar-refractivity contribution >= 4 is 0 Å². The van der Waals surface area contributed by atoms with Crippen molar-refractivity contribution in [1.29, 1.82) is 0 Å². The molecule has 0 saturated heterocycles. The molecule has 15 heavy (non-hydrogen) atoms. The summed E-state index contributed by atoms with van der Waals surface area (Å²) < 4.78 is 5.89. The first-order valence-electron chi connectivity index (χ1n) is 6.19. The molecule has 0 radical (unpaired) electrons. The quantitative estimate of drug-likeness (QED) is 0.733.